The van der Waals surface area contributed by atoms with Crippen molar-refractivity contribution in [1.29, 1.82) is 0 Å². The van der Waals surface area contributed by atoms with Crippen LogP contribution in [0.5, 0.6) is 34.5 Å². The number of nitro groups is 1. The summed E-state index contributed by atoms with van der Waals surface area (Å²) in [5.74, 6) is -0.450. The number of nitrogens with zero attached hydrogens (tertiary/aromatic N) is 1. The number of benzene rings is 3. The molecule has 0 bridgehead atoms. The summed E-state index contributed by atoms with van der Waals surface area (Å²) < 4.78 is 28.1. The lowest BCUT2D eigenvalue weighted by Gasteiger charge is -2.18. The number of nitro benzene ring substituents is 1. The molecule has 1 fully saturated rings. The van der Waals surface area contributed by atoms with Gasteiger partial charge in [0.1, 0.15) is 6.61 Å². The first-order valence-corrected chi connectivity index (χ1v) is 12.7. The van der Waals surface area contributed by atoms with Crippen molar-refractivity contribution in [3.8, 4) is 34.5 Å². The molecule has 0 aromatic heterocycles. The smallest absolute Gasteiger partial charge is 0.334 e. The first-order valence-electron chi connectivity index (χ1n) is 11.9. The molecular weight excluding hydrogens is 590 g/mol. The largest absolute Gasteiger partial charge is 0.504 e. The molecule has 0 amide bonds. The predicted octanol–water partition coefficient (Wildman–Crippen LogP) is 5.17. The van der Waals surface area contributed by atoms with Crippen LogP contribution >= 0.6 is 15.9 Å². The quantitative estimate of drug-likeness (QED) is 0.103. The molecular formula is C28H26BrNO10. The maximum Gasteiger partial charge on any atom is 0.334 e. The van der Waals surface area contributed by atoms with Crippen molar-refractivity contribution in [2.75, 3.05) is 27.9 Å². The summed E-state index contributed by atoms with van der Waals surface area (Å²) >= 11 is 3.57. The number of aromatic hydroxyl groups is 2. The zero-order chi connectivity index (χ0) is 29.0. The third-order valence-corrected chi connectivity index (χ3v) is 7.16. The van der Waals surface area contributed by atoms with E-state index in [1.165, 1.54) is 39.5 Å². The van der Waals surface area contributed by atoms with Crippen LogP contribution < -0.4 is 18.9 Å². The second-order valence-electron chi connectivity index (χ2n) is 8.82. The minimum absolute atomic E-state index is 0.0308. The molecule has 1 aliphatic heterocycles. The Morgan fingerprint density at radius 1 is 1.02 bits per heavy atom. The van der Waals surface area contributed by atoms with Gasteiger partial charge < -0.3 is 33.9 Å². The number of methoxy groups -OCH3 is 3. The highest BCUT2D eigenvalue weighted by Crippen LogP contribution is 2.46. The van der Waals surface area contributed by atoms with Crippen LogP contribution in [0.4, 0.5) is 5.69 Å². The number of cyclic esters (lactones) is 1. The molecule has 0 radical (unpaired) electrons. The molecule has 2 N–H and O–H groups in total. The van der Waals surface area contributed by atoms with Crippen molar-refractivity contribution in [2.24, 2.45) is 5.92 Å². The molecule has 3 aromatic rings. The minimum atomic E-state index is -0.491. The number of hydrogen-bond donors (Lipinski definition) is 2. The van der Waals surface area contributed by atoms with Crippen LogP contribution in [0.25, 0.3) is 6.08 Å². The molecule has 3 aromatic carbocycles. The van der Waals surface area contributed by atoms with Gasteiger partial charge in [-0.2, -0.15) is 0 Å². The fourth-order valence-corrected chi connectivity index (χ4v) is 4.82. The maximum absolute atomic E-state index is 12.7. The monoisotopic (exact) mass is 615 g/mol. The molecule has 11 nitrogen and oxygen atoms in total. The van der Waals surface area contributed by atoms with E-state index in [0.29, 0.717) is 50.4 Å². The Morgan fingerprint density at radius 3 is 2.35 bits per heavy atom. The topological polar surface area (TPSA) is 147 Å². The highest BCUT2D eigenvalue weighted by atomic mass is 79.9. The number of halogens is 1. The first-order chi connectivity index (χ1) is 19.2. The molecule has 4 rings (SSSR count). The van der Waals surface area contributed by atoms with Crippen molar-refractivity contribution in [3.63, 3.8) is 0 Å². The van der Waals surface area contributed by atoms with Gasteiger partial charge in [-0.1, -0.05) is 0 Å². The average molecular weight is 616 g/mol. The van der Waals surface area contributed by atoms with Crippen molar-refractivity contribution < 1.29 is 43.6 Å². The molecule has 12 heteroatoms. The number of ether oxygens (including phenoxy) is 5. The van der Waals surface area contributed by atoms with Gasteiger partial charge in [0.25, 0.3) is 5.69 Å². The number of phenols is 2. The van der Waals surface area contributed by atoms with Crippen molar-refractivity contribution >= 4 is 33.7 Å². The van der Waals surface area contributed by atoms with Crippen LogP contribution in [0.15, 0.2) is 52.5 Å². The molecule has 40 heavy (non-hydrogen) atoms. The summed E-state index contributed by atoms with van der Waals surface area (Å²) in [5, 5.41) is 31.0. The Labute approximate surface area is 237 Å². The van der Waals surface area contributed by atoms with Crippen LogP contribution in [0, 0.1) is 16.0 Å². The first kappa shape index (κ1) is 28.6. The summed E-state index contributed by atoms with van der Waals surface area (Å²) in [5.41, 5.74) is 2.24. The van der Waals surface area contributed by atoms with E-state index >= 15 is 0 Å². The lowest BCUT2D eigenvalue weighted by molar-refractivity contribution is -0.384. The summed E-state index contributed by atoms with van der Waals surface area (Å²) in [4.78, 5) is 23.2. The lowest BCUT2D eigenvalue weighted by atomic mass is 9.92. The van der Waals surface area contributed by atoms with Gasteiger partial charge in [-0.05, 0) is 75.4 Å². The van der Waals surface area contributed by atoms with Gasteiger partial charge in [-0.25, -0.2) is 4.79 Å². The van der Waals surface area contributed by atoms with Crippen molar-refractivity contribution in [2.45, 2.75) is 13.0 Å². The Kier molecular flexibility index (Phi) is 8.68. The number of hydrogen-bond acceptors (Lipinski definition) is 10. The summed E-state index contributed by atoms with van der Waals surface area (Å²) in [6.45, 7) is 0.204. The van der Waals surface area contributed by atoms with E-state index in [-0.39, 0.29) is 42.1 Å². The standard InChI is InChI=1S/C28H26BrNO10/c1-36-22-10-16(9-21(31)25(22)32)8-18-14-40-28(33)20(18)11-17-12-23(37-2)26(38-3)27(24(17)29)39-13-15-4-6-19(7-5-15)30(34)35/h4-7,9-12,18,31-32H,8,13-14H2,1-3H3/b20-11+/t18-/m0/s1. The van der Waals surface area contributed by atoms with E-state index in [0.717, 1.165) is 0 Å². The SMILES string of the molecule is COc1cc(C[C@H]2COC(=O)/C2=C/c2cc(OC)c(OC)c(OCc3ccc([N+](=O)[O-])cc3)c2Br)cc(O)c1O. The molecule has 1 aliphatic rings. The summed E-state index contributed by atoms with van der Waals surface area (Å²) in [7, 11) is 4.31. The predicted molar refractivity (Wildman–Crippen MR) is 147 cm³/mol. The van der Waals surface area contributed by atoms with E-state index < -0.39 is 10.9 Å². The van der Waals surface area contributed by atoms with Crippen LogP contribution in [0.1, 0.15) is 16.7 Å². The third kappa shape index (κ3) is 5.91. The fourth-order valence-electron chi connectivity index (χ4n) is 4.30. The van der Waals surface area contributed by atoms with Crippen LogP contribution in [-0.2, 0) is 22.6 Å². The zero-order valence-electron chi connectivity index (χ0n) is 21.8. The molecule has 1 atom stereocenters. The van der Waals surface area contributed by atoms with Crippen molar-refractivity contribution in [1.82, 2.24) is 0 Å². The molecule has 210 valence electrons. The third-order valence-electron chi connectivity index (χ3n) is 6.34. The highest BCUT2D eigenvalue weighted by Gasteiger charge is 2.32. The van der Waals surface area contributed by atoms with Gasteiger partial charge in [0.05, 0.1) is 37.3 Å². The van der Waals surface area contributed by atoms with E-state index in [1.807, 2.05) is 0 Å². The number of carbonyl (C=O) groups is 1. The zero-order valence-corrected chi connectivity index (χ0v) is 23.4. The Hall–Kier alpha value is -4.45. The van der Waals surface area contributed by atoms with Gasteiger partial charge in [-0.3, -0.25) is 10.1 Å². The number of rotatable bonds is 10. The summed E-state index contributed by atoms with van der Waals surface area (Å²) in [6.07, 6.45) is 2.00. The molecule has 0 unspecified atom stereocenters. The number of esters is 1. The minimum Gasteiger partial charge on any atom is -0.504 e. The Bertz CT molecular complexity index is 1470. The number of non-ortho nitro benzene ring substituents is 1. The van der Waals surface area contributed by atoms with Crippen LogP contribution in [-0.4, -0.2) is 49.0 Å². The number of carbonyl (C=O) groups excluding carboxylic acids is 1. The second-order valence-corrected chi connectivity index (χ2v) is 9.61. The second kappa shape index (κ2) is 12.2. The van der Waals surface area contributed by atoms with Gasteiger partial charge >= 0.3 is 5.97 Å². The van der Waals surface area contributed by atoms with Gasteiger partial charge in [0.2, 0.25) is 11.5 Å². The van der Waals surface area contributed by atoms with E-state index in [2.05, 4.69) is 15.9 Å². The number of phenolic OH excluding ortho intramolecular Hbond substituents is 2. The van der Waals surface area contributed by atoms with Crippen molar-refractivity contribution in [3.05, 3.63) is 79.3 Å². The van der Waals surface area contributed by atoms with Crippen LogP contribution in [0.3, 0.4) is 0 Å². The normalized spacial score (nSPS) is 15.6. The Balaban J connectivity index is 1.67. The van der Waals surface area contributed by atoms with Gasteiger partial charge in [0.15, 0.2) is 23.0 Å². The van der Waals surface area contributed by atoms with Gasteiger partial charge in [-0.15, -0.1) is 0 Å². The maximum atomic E-state index is 12.7. The van der Waals surface area contributed by atoms with Crippen LogP contribution in [0.2, 0.25) is 0 Å². The average Bonchev–Trinajstić information content (AvgIpc) is 3.28. The Morgan fingerprint density at radius 2 is 1.73 bits per heavy atom. The molecule has 0 aliphatic carbocycles. The molecule has 0 spiro atoms. The van der Waals surface area contributed by atoms with Gasteiger partial charge in [0, 0.05) is 23.6 Å². The molecule has 1 saturated heterocycles. The van der Waals surface area contributed by atoms with E-state index in [4.69, 9.17) is 23.7 Å². The molecule has 1 heterocycles. The lowest BCUT2D eigenvalue weighted by Crippen LogP contribution is -2.08. The molecule has 0 saturated carbocycles. The highest BCUT2D eigenvalue weighted by molar-refractivity contribution is 9.10. The fraction of sp³-hybridized carbons (Fsp3) is 0.250. The van der Waals surface area contributed by atoms with E-state index in [1.54, 1.807) is 30.3 Å². The summed E-state index contributed by atoms with van der Waals surface area (Å²) in [6, 6.07) is 10.7. The van der Waals surface area contributed by atoms with E-state index in [9.17, 15) is 25.1 Å².